The maximum Gasteiger partial charge on any atom is 0.188 e. The summed E-state index contributed by atoms with van der Waals surface area (Å²) in [7, 11) is 0. The summed E-state index contributed by atoms with van der Waals surface area (Å²) >= 11 is 3.25. The molecule has 0 amide bonds. The normalized spacial score (nSPS) is 9.97. The van der Waals surface area contributed by atoms with Crippen LogP contribution in [0.5, 0.6) is 5.75 Å². The average molecular weight is 493 g/mol. The van der Waals surface area contributed by atoms with E-state index in [2.05, 4.69) is 26.3 Å². The van der Waals surface area contributed by atoms with Gasteiger partial charge in [0.25, 0.3) is 0 Å². The predicted octanol–water partition coefficient (Wildman–Crippen LogP) is 6.70. The summed E-state index contributed by atoms with van der Waals surface area (Å²) in [5, 5.41) is 6.09. The summed E-state index contributed by atoms with van der Waals surface area (Å²) < 4.78 is 6.12. The molecule has 0 saturated carbocycles. The SMILES string of the molecule is Cc1csc(Nc2ncc(SCc3cccnc3)cc2OCc2ccccc2)n1.Cl.Cl. The zero-order valence-electron chi connectivity index (χ0n) is 16.7. The van der Waals surface area contributed by atoms with Gasteiger partial charge < -0.3 is 10.1 Å². The van der Waals surface area contributed by atoms with E-state index in [0.717, 1.165) is 27.0 Å². The lowest BCUT2D eigenvalue weighted by Crippen LogP contribution is -2.01. The molecule has 0 saturated heterocycles. The number of thioether (sulfide) groups is 1. The maximum absolute atomic E-state index is 6.12. The molecule has 4 rings (SSSR count). The lowest BCUT2D eigenvalue weighted by atomic mass is 10.2. The summed E-state index contributed by atoms with van der Waals surface area (Å²) in [5.41, 5.74) is 3.26. The van der Waals surface area contributed by atoms with E-state index in [-0.39, 0.29) is 24.8 Å². The van der Waals surface area contributed by atoms with Crippen molar-refractivity contribution in [3.05, 3.63) is 89.3 Å². The number of rotatable bonds is 8. The van der Waals surface area contributed by atoms with Crippen LogP contribution in [0.4, 0.5) is 10.9 Å². The number of anilines is 2. The molecule has 9 heteroatoms. The van der Waals surface area contributed by atoms with E-state index in [4.69, 9.17) is 4.74 Å². The molecule has 0 aliphatic rings. The highest BCUT2D eigenvalue weighted by Crippen LogP contribution is 2.33. The number of hydrogen-bond donors (Lipinski definition) is 1. The Morgan fingerprint density at radius 1 is 1.03 bits per heavy atom. The number of nitrogens with one attached hydrogen (secondary N) is 1. The predicted molar refractivity (Wildman–Crippen MR) is 133 cm³/mol. The van der Waals surface area contributed by atoms with Gasteiger partial charge in [0.1, 0.15) is 6.61 Å². The first-order valence-electron chi connectivity index (χ1n) is 9.14. The quantitative estimate of drug-likeness (QED) is 0.276. The van der Waals surface area contributed by atoms with Gasteiger partial charge in [0.15, 0.2) is 16.7 Å². The molecule has 0 atom stereocenters. The highest BCUT2D eigenvalue weighted by atomic mass is 35.5. The summed E-state index contributed by atoms with van der Waals surface area (Å²) in [6.45, 7) is 2.45. The van der Waals surface area contributed by atoms with E-state index >= 15 is 0 Å². The number of hydrogen-bond acceptors (Lipinski definition) is 7. The third-order valence-corrected chi connectivity index (χ3v) is 5.95. The molecule has 3 heterocycles. The smallest absolute Gasteiger partial charge is 0.188 e. The molecule has 0 unspecified atom stereocenters. The number of nitrogens with zero attached hydrogens (tertiary/aromatic N) is 3. The average Bonchev–Trinajstić information content (AvgIpc) is 3.18. The number of ether oxygens (including phenoxy) is 1. The molecule has 0 bridgehead atoms. The Hall–Kier alpha value is -2.32. The van der Waals surface area contributed by atoms with Crippen molar-refractivity contribution < 1.29 is 4.74 Å². The zero-order valence-corrected chi connectivity index (χ0v) is 20.0. The fourth-order valence-corrected chi connectivity index (χ4v) is 4.12. The molecule has 162 valence electrons. The van der Waals surface area contributed by atoms with Crippen LogP contribution in [-0.2, 0) is 12.4 Å². The van der Waals surface area contributed by atoms with Crippen LogP contribution in [0.25, 0.3) is 0 Å². The molecule has 1 N–H and O–H groups in total. The van der Waals surface area contributed by atoms with Crippen LogP contribution in [0.3, 0.4) is 0 Å². The van der Waals surface area contributed by atoms with Crippen molar-refractivity contribution in [1.82, 2.24) is 15.0 Å². The van der Waals surface area contributed by atoms with Crippen LogP contribution in [0.1, 0.15) is 16.8 Å². The molecule has 0 aliphatic carbocycles. The van der Waals surface area contributed by atoms with Crippen LogP contribution in [-0.4, -0.2) is 15.0 Å². The molecule has 0 radical (unpaired) electrons. The number of thiazole rings is 1. The monoisotopic (exact) mass is 492 g/mol. The van der Waals surface area contributed by atoms with Gasteiger partial charge in [-0.2, -0.15) is 0 Å². The Kier molecular flexibility index (Phi) is 10.1. The minimum atomic E-state index is 0. The van der Waals surface area contributed by atoms with Crippen LogP contribution in [0.2, 0.25) is 0 Å². The summed E-state index contributed by atoms with van der Waals surface area (Å²) in [6, 6.07) is 16.2. The van der Waals surface area contributed by atoms with Crippen LogP contribution in [0, 0.1) is 6.92 Å². The molecule has 5 nitrogen and oxygen atoms in total. The molecule has 3 aromatic heterocycles. The molecule has 31 heavy (non-hydrogen) atoms. The van der Waals surface area contributed by atoms with Gasteiger partial charge >= 0.3 is 0 Å². The van der Waals surface area contributed by atoms with Crippen molar-refractivity contribution in [2.45, 2.75) is 24.2 Å². The zero-order chi connectivity index (χ0) is 19.9. The van der Waals surface area contributed by atoms with Crippen molar-refractivity contribution in [3.8, 4) is 5.75 Å². The van der Waals surface area contributed by atoms with Gasteiger partial charge in [-0.05, 0) is 30.2 Å². The largest absolute Gasteiger partial charge is 0.485 e. The molecular weight excluding hydrogens is 471 g/mol. The van der Waals surface area contributed by atoms with Gasteiger partial charge in [0.05, 0.1) is 5.69 Å². The molecule has 0 spiro atoms. The third-order valence-electron chi connectivity index (χ3n) is 4.04. The summed E-state index contributed by atoms with van der Waals surface area (Å²) in [6.07, 6.45) is 5.53. The van der Waals surface area contributed by atoms with E-state index in [0.29, 0.717) is 18.2 Å². The first kappa shape index (κ1) is 24.9. The molecule has 0 aliphatic heterocycles. The first-order valence-corrected chi connectivity index (χ1v) is 11.0. The fourth-order valence-electron chi connectivity index (χ4n) is 2.61. The van der Waals surface area contributed by atoms with Crippen LogP contribution < -0.4 is 10.1 Å². The first-order chi connectivity index (χ1) is 14.3. The Morgan fingerprint density at radius 2 is 1.84 bits per heavy atom. The van der Waals surface area contributed by atoms with Crippen molar-refractivity contribution >= 4 is 58.9 Å². The second-order valence-electron chi connectivity index (χ2n) is 6.36. The van der Waals surface area contributed by atoms with E-state index in [9.17, 15) is 0 Å². The number of aromatic nitrogens is 3. The topological polar surface area (TPSA) is 59.9 Å². The standard InChI is InChI=1S/C22H20N4OS2.2ClH/c1-16-14-29-22(25-16)26-21-20(27-13-17-6-3-2-4-7-17)10-19(12-24-21)28-15-18-8-5-9-23-11-18;;/h2-12,14H,13,15H2,1H3,(H,24,25,26);2*1H. The van der Waals surface area contributed by atoms with E-state index in [1.54, 1.807) is 29.3 Å². The molecular formula is C22H22Cl2N4OS2. The Morgan fingerprint density at radius 3 is 2.55 bits per heavy atom. The Labute approximate surface area is 202 Å². The second kappa shape index (κ2) is 12.5. The van der Waals surface area contributed by atoms with Gasteiger partial charge in [-0.3, -0.25) is 4.98 Å². The van der Waals surface area contributed by atoms with Gasteiger partial charge in [-0.1, -0.05) is 36.4 Å². The van der Waals surface area contributed by atoms with Gasteiger partial charge in [0.2, 0.25) is 0 Å². The van der Waals surface area contributed by atoms with Crippen molar-refractivity contribution in [2.75, 3.05) is 5.32 Å². The van der Waals surface area contributed by atoms with E-state index < -0.39 is 0 Å². The van der Waals surface area contributed by atoms with E-state index in [1.807, 2.05) is 67.2 Å². The highest BCUT2D eigenvalue weighted by molar-refractivity contribution is 7.98. The molecule has 4 aromatic rings. The second-order valence-corrected chi connectivity index (χ2v) is 8.27. The van der Waals surface area contributed by atoms with Gasteiger partial charge in [-0.15, -0.1) is 47.9 Å². The summed E-state index contributed by atoms with van der Waals surface area (Å²) in [4.78, 5) is 14.3. The third kappa shape index (κ3) is 7.40. The summed E-state index contributed by atoms with van der Waals surface area (Å²) in [5.74, 6) is 2.20. The minimum Gasteiger partial charge on any atom is -0.485 e. The lowest BCUT2D eigenvalue weighted by molar-refractivity contribution is 0.306. The Bertz CT molecular complexity index is 1070. The number of halogens is 2. The molecule has 0 fully saturated rings. The van der Waals surface area contributed by atoms with Crippen molar-refractivity contribution in [1.29, 1.82) is 0 Å². The number of pyridine rings is 2. The minimum absolute atomic E-state index is 0. The lowest BCUT2D eigenvalue weighted by Gasteiger charge is -2.13. The van der Waals surface area contributed by atoms with Gasteiger partial charge in [0, 0.05) is 34.6 Å². The van der Waals surface area contributed by atoms with Gasteiger partial charge in [-0.25, -0.2) is 9.97 Å². The van der Waals surface area contributed by atoms with Crippen molar-refractivity contribution in [2.24, 2.45) is 0 Å². The number of benzene rings is 1. The van der Waals surface area contributed by atoms with E-state index in [1.165, 1.54) is 5.56 Å². The maximum atomic E-state index is 6.12. The molecule has 1 aromatic carbocycles. The Balaban J connectivity index is 0.00000171. The van der Waals surface area contributed by atoms with Crippen LogP contribution >= 0.6 is 47.9 Å². The van der Waals surface area contributed by atoms with Crippen LogP contribution in [0.15, 0.2) is 77.4 Å². The van der Waals surface area contributed by atoms with Crippen molar-refractivity contribution in [3.63, 3.8) is 0 Å². The highest BCUT2D eigenvalue weighted by Gasteiger charge is 2.11. The fraction of sp³-hybridized carbons (Fsp3) is 0.136. The number of aryl methyl sites for hydroxylation is 1.